The van der Waals surface area contributed by atoms with Crippen LogP contribution < -0.4 is 5.32 Å². The van der Waals surface area contributed by atoms with Gasteiger partial charge in [-0.05, 0) is 25.8 Å². The molecule has 4 heteroatoms. The number of piperidine rings is 1. The fourth-order valence-corrected chi connectivity index (χ4v) is 3.55. The molecule has 112 valence electrons. The molecule has 1 aromatic heterocycles. The van der Waals surface area contributed by atoms with Crippen molar-refractivity contribution < 1.29 is 4.79 Å². The third-order valence-electron chi connectivity index (χ3n) is 3.85. The molecule has 0 aromatic carbocycles. The van der Waals surface area contributed by atoms with Gasteiger partial charge >= 0.3 is 0 Å². The number of rotatable bonds is 5. The number of ketones is 1. The molecule has 1 saturated heterocycles. The molecular formula is C16H26N2OS. The first-order valence-electron chi connectivity index (χ1n) is 7.65. The highest BCUT2D eigenvalue weighted by molar-refractivity contribution is 7.09. The van der Waals surface area contributed by atoms with Crippen molar-refractivity contribution in [3.8, 4) is 0 Å². The summed E-state index contributed by atoms with van der Waals surface area (Å²) in [5.41, 5.74) is 1.17. The van der Waals surface area contributed by atoms with E-state index in [4.69, 9.17) is 0 Å². The Hall–Kier alpha value is -0.740. The molecule has 1 atom stereocenters. The summed E-state index contributed by atoms with van der Waals surface area (Å²) in [5, 5.41) is 6.55. The minimum absolute atomic E-state index is 0.0732. The second kappa shape index (κ2) is 6.81. The molecule has 2 rings (SSSR count). The second-order valence-electron chi connectivity index (χ2n) is 6.78. The van der Waals surface area contributed by atoms with Gasteiger partial charge in [-0.2, -0.15) is 0 Å². The minimum Gasteiger partial charge on any atom is -0.314 e. The zero-order chi connectivity index (χ0) is 14.6. The molecule has 1 unspecified atom stereocenters. The van der Waals surface area contributed by atoms with E-state index in [0.29, 0.717) is 24.7 Å². The normalized spacial score (nSPS) is 20.1. The van der Waals surface area contributed by atoms with E-state index in [1.54, 1.807) is 11.3 Å². The molecule has 20 heavy (non-hydrogen) atoms. The standard InChI is InChI=1S/C16H26N2OS/c1-16(2,3)14-11-20-15(18-14)10-13(19)8-7-12-6-4-5-9-17-12/h11-12,17H,4-10H2,1-3H3. The van der Waals surface area contributed by atoms with Crippen molar-refractivity contribution in [3.63, 3.8) is 0 Å². The average molecular weight is 294 g/mol. The van der Waals surface area contributed by atoms with Crippen molar-refractivity contribution in [2.45, 2.75) is 70.8 Å². The zero-order valence-corrected chi connectivity index (χ0v) is 13.7. The van der Waals surface area contributed by atoms with Gasteiger partial charge in [0.15, 0.2) is 0 Å². The lowest BCUT2D eigenvalue weighted by Gasteiger charge is -2.22. The maximum Gasteiger partial charge on any atom is 0.139 e. The summed E-state index contributed by atoms with van der Waals surface area (Å²) in [5.74, 6) is 0.326. The summed E-state index contributed by atoms with van der Waals surface area (Å²) < 4.78 is 0. The topological polar surface area (TPSA) is 42.0 Å². The predicted octanol–water partition coefficient (Wildman–Crippen LogP) is 3.47. The first kappa shape index (κ1) is 15.6. The fourth-order valence-electron chi connectivity index (χ4n) is 2.50. The monoisotopic (exact) mass is 294 g/mol. The maximum absolute atomic E-state index is 12.1. The molecule has 3 nitrogen and oxygen atoms in total. The van der Waals surface area contributed by atoms with Crippen LogP contribution in [-0.2, 0) is 16.6 Å². The SMILES string of the molecule is CC(C)(C)c1csc(CC(=O)CCC2CCCCN2)n1. The lowest BCUT2D eigenvalue weighted by atomic mass is 9.93. The van der Waals surface area contributed by atoms with Crippen LogP contribution in [0.3, 0.4) is 0 Å². The van der Waals surface area contributed by atoms with Crippen LogP contribution >= 0.6 is 11.3 Å². The van der Waals surface area contributed by atoms with Crippen molar-refractivity contribution in [2.75, 3.05) is 6.54 Å². The van der Waals surface area contributed by atoms with Crippen LogP contribution in [0.4, 0.5) is 0 Å². The van der Waals surface area contributed by atoms with Crippen LogP contribution in [0.25, 0.3) is 0 Å². The first-order valence-corrected chi connectivity index (χ1v) is 8.53. The Balaban J connectivity index is 1.77. The van der Waals surface area contributed by atoms with Crippen molar-refractivity contribution in [1.82, 2.24) is 10.3 Å². The summed E-state index contributed by atoms with van der Waals surface area (Å²) in [7, 11) is 0. The highest BCUT2D eigenvalue weighted by Crippen LogP contribution is 2.24. The maximum atomic E-state index is 12.1. The molecule has 1 aliphatic rings. The smallest absolute Gasteiger partial charge is 0.139 e. The van der Waals surface area contributed by atoms with Gasteiger partial charge in [0.05, 0.1) is 12.1 Å². The summed E-state index contributed by atoms with van der Waals surface area (Å²) in [4.78, 5) is 16.7. The van der Waals surface area contributed by atoms with Crippen molar-refractivity contribution in [1.29, 1.82) is 0 Å². The van der Waals surface area contributed by atoms with Gasteiger partial charge in [-0.15, -0.1) is 11.3 Å². The summed E-state index contributed by atoms with van der Waals surface area (Å²) in [6, 6.07) is 0.550. The minimum atomic E-state index is 0.0732. The number of Topliss-reactive ketones (excluding diaryl/α,β-unsaturated/α-hetero) is 1. The summed E-state index contributed by atoms with van der Waals surface area (Å²) >= 11 is 1.62. The van der Waals surface area contributed by atoms with E-state index in [-0.39, 0.29) is 5.41 Å². The van der Waals surface area contributed by atoms with Crippen molar-refractivity contribution in [3.05, 3.63) is 16.1 Å². The Morgan fingerprint density at radius 1 is 1.45 bits per heavy atom. The van der Waals surface area contributed by atoms with Crippen LogP contribution in [0.1, 0.15) is 63.6 Å². The van der Waals surface area contributed by atoms with Crippen molar-refractivity contribution >= 4 is 17.1 Å². The van der Waals surface area contributed by atoms with E-state index in [9.17, 15) is 4.79 Å². The molecule has 0 spiro atoms. The molecular weight excluding hydrogens is 268 g/mol. The Bertz CT molecular complexity index is 442. The van der Waals surface area contributed by atoms with Gasteiger partial charge in [-0.1, -0.05) is 27.2 Å². The molecule has 2 heterocycles. The molecule has 0 amide bonds. The Kier molecular flexibility index (Phi) is 5.33. The number of nitrogens with one attached hydrogen (secondary N) is 1. The molecule has 0 saturated carbocycles. The molecule has 0 radical (unpaired) electrons. The van der Waals surface area contributed by atoms with E-state index in [1.165, 1.54) is 19.3 Å². The van der Waals surface area contributed by atoms with Gasteiger partial charge < -0.3 is 5.32 Å². The van der Waals surface area contributed by atoms with E-state index >= 15 is 0 Å². The zero-order valence-electron chi connectivity index (χ0n) is 12.9. The second-order valence-corrected chi connectivity index (χ2v) is 7.72. The quantitative estimate of drug-likeness (QED) is 0.904. The fraction of sp³-hybridized carbons (Fsp3) is 0.750. The molecule has 0 aliphatic carbocycles. The summed E-state index contributed by atoms with van der Waals surface area (Å²) in [6.07, 6.45) is 5.97. The first-order chi connectivity index (χ1) is 9.45. The van der Waals surface area contributed by atoms with E-state index < -0.39 is 0 Å². The number of carbonyl (C=O) groups is 1. The lowest BCUT2D eigenvalue weighted by molar-refractivity contribution is -0.118. The van der Waals surface area contributed by atoms with Gasteiger partial charge in [-0.25, -0.2) is 4.98 Å². The number of hydrogen-bond donors (Lipinski definition) is 1. The van der Waals surface area contributed by atoms with E-state index in [1.807, 2.05) is 0 Å². The molecule has 1 N–H and O–H groups in total. The molecule has 1 aliphatic heterocycles. The average Bonchev–Trinajstić information content (AvgIpc) is 2.86. The van der Waals surface area contributed by atoms with Crippen LogP contribution in [0, 0.1) is 0 Å². The third-order valence-corrected chi connectivity index (χ3v) is 4.70. The van der Waals surface area contributed by atoms with Crippen LogP contribution in [-0.4, -0.2) is 23.4 Å². The van der Waals surface area contributed by atoms with Gasteiger partial charge in [0.25, 0.3) is 0 Å². The number of carbonyl (C=O) groups excluding carboxylic acids is 1. The Labute approximate surface area is 126 Å². The van der Waals surface area contributed by atoms with Gasteiger partial charge in [0.1, 0.15) is 10.8 Å². The lowest BCUT2D eigenvalue weighted by Crippen LogP contribution is -2.34. The van der Waals surface area contributed by atoms with Gasteiger partial charge in [0, 0.05) is 23.3 Å². The van der Waals surface area contributed by atoms with Crippen molar-refractivity contribution in [2.24, 2.45) is 0 Å². The molecule has 1 aromatic rings. The largest absolute Gasteiger partial charge is 0.314 e. The Morgan fingerprint density at radius 2 is 2.25 bits per heavy atom. The van der Waals surface area contributed by atoms with Crippen LogP contribution in [0.2, 0.25) is 0 Å². The third kappa shape index (κ3) is 4.67. The number of hydrogen-bond acceptors (Lipinski definition) is 4. The van der Waals surface area contributed by atoms with E-state index in [0.717, 1.165) is 23.7 Å². The van der Waals surface area contributed by atoms with Crippen LogP contribution in [0.15, 0.2) is 5.38 Å². The summed E-state index contributed by atoms with van der Waals surface area (Å²) in [6.45, 7) is 7.58. The highest BCUT2D eigenvalue weighted by Gasteiger charge is 2.19. The van der Waals surface area contributed by atoms with Gasteiger partial charge in [-0.3, -0.25) is 4.79 Å². The number of nitrogens with zero attached hydrogens (tertiary/aromatic N) is 1. The van der Waals surface area contributed by atoms with Crippen LogP contribution in [0.5, 0.6) is 0 Å². The number of thiazole rings is 1. The highest BCUT2D eigenvalue weighted by atomic mass is 32.1. The molecule has 0 bridgehead atoms. The van der Waals surface area contributed by atoms with E-state index in [2.05, 4.69) is 36.5 Å². The van der Waals surface area contributed by atoms with Gasteiger partial charge in [0.2, 0.25) is 0 Å². The predicted molar refractivity (Wildman–Crippen MR) is 84.4 cm³/mol. The Morgan fingerprint density at radius 3 is 2.85 bits per heavy atom. The number of aromatic nitrogens is 1. The molecule has 1 fully saturated rings.